The summed E-state index contributed by atoms with van der Waals surface area (Å²) in [5.74, 6) is -0.807. The fourth-order valence-electron chi connectivity index (χ4n) is 2.39. The molecule has 4 nitrogen and oxygen atoms in total. The van der Waals surface area contributed by atoms with Crippen LogP contribution in [0.5, 0.6) is 0 Å². The minimum atomic E-state index is -1.36. The van der Waals surface area contributed by atoms with Crippen molar-refractivity contribution in [3.63, 3.8) is 0 Å². The zero-order chi connectivity index (χ0) is 17.3. The lowest BCUT2D eigenvalue weighted by atomic mass is 9.74. The molecular weight excluding hydrogens is 292 g/mol. The molecule has 0 bridgehead atoms. The number of Topliss-reactive ketones (excluding diaryl/α,β-unsaturated/α-hetero) is 1. The molecule has 4 heteroatoms. The number of methoxy groups -OCH3 is 1. The van der Waals surface area contributed by atoms with Gasteiger partial charge in [0.1, 0.15) is 5.41 Å². The maximum Gasteiger partial charge on any atom is 0.323 e. The lowest BCUT2D eigenvalue weighted by molar-refractivity contribution is -0.149. The molecule has 0 fully saturated rings. The molecule has 23 heavy (non-hydrogen) atoms. The number of carbonyl (C=O) groups is 2. The highest BCUT2D eigenvalue weighted by Crippen LogP contribution is 2.35. The van der Waals surface area contributed by atoms with Crippen molar-refractivity contribution in [2.24, 2.45) is 5.41 Å². The molecule has 0 N–H and O–H groups in total. The summed E-state index contributed by atoms with van der Waals surface area (Å²) < 4.78 is 10.2. The van der Waals surface area contributed by atoms with Crippen molar-refractivity contribution in [3.8, 4) is 0 Å². The third kappa shape index (κ3) is 4.76. The summed E-state index contributed by atoms with van der Waals surface area (Å²) >= 11 is 0. The van der Waals surface area contributed by atoms with Crippen LogP contribution in [0.2, 0.25) is 0 Å². The van der Waals surface area contributed by atoms with E-state index in [0.717, 1.165) is 12.8 Å². The summed E-state index contributed by atoms with van der Waals surface area (Å²) in [7, 11) is 1.65. The van der Waals surface area contributed by atoms with Gasteiger partial charge >= 0.3 is 5.97 Å². The summed E-state index contributed by atoms with van der Waals surface area (Å²) in [5, 5.41) is 0. The van der Waals surface area contributed by atoms with Gasteiger partial charge in [0.15, 0.2) is 5.78 Å². The molecule has 0 aliphatic rings. The van der Waals surface area contributed by atoms with Gasteiger partial charge in [0.2, 0.25) is 0 Å². The largest absolute Gasteiger partial charge is 0.465 e. The van der Waals surface area contributed by atoms with E-state index in [1.54, 1.807) is 45.2 Å². The van der Waals surface area contributed by atoms with Gasteiger partial charge in [0, 0.05) is 19.3 Å². The highest BCUT2D eigenvalue weighted by Gasteiger charge is 2.44. The van der Waals surface area contributed by atoms with E-state index in [4.69, 9.17) is 9.47 Å². The Hall–Kier alpha value is -1.94. The van der Waals surface area contributed by atoms with E-state index < -0.39 is 11.4 Å². The van der Waals surface area contributed by atoms with Crippen molar-refractivity contribution in [1.29, 1.82) is 0 Å². The molecule has 0 saturated heterocycles. The predicted octanol–water partition coefficient (Wildman–Crippen LogP) is 3.81. The first-order valence-corrected chi connectivity index (χ1v) is 7.92. The zero-order valence-electron chi connectivity index (χ0n) is 14.3. The van der Waals surface area contributed by atoms with Gasteiger partial charge in [0.05, 0.1) is 6.61 Å². The molecule has 0 amide bonds. The van der Waals surface area contributed by atoms with E-state index >= 15 is 0 Å². The second kappa shape index (κ2) is 9.26. The summed E-state index contributed by atoms with van der Waals surface area (Å²) in [6, 6.07) is 8.80. The van der Waals surface area contributed by atoms with E-state index in [-0.39, 0.29) is 12.4 Å². The first kappa shape index (κ1) is 19.1. The monoisotopic (exact) mass is 318 g/mol. The van der Waals surface area contributed by atoms with E-state index in [2.05, 4.69) is 6.58 Å². The van der Waals surface area contributed by atoms with Crippen LogP contribution in [0.25, 0.3) is 0 Å². The standard InChI is InChI=1S/C19H26O4/c1-5-23-18(21)19(3,15(2)11-9-10-14-22-4)17(20)16-12-7-6-8-13-16/h6-8,12-13H,2,5,9-11,14H2,1,3-4H3. The number of esters is 1. The zero-order valence-corrected chi connectivity index (χ0v) is 14.3. The number of unbranched alkanes of at least 4 members (excludes halogenated alkanes) is 1. The maximum absolute atomic E-state index is 12.9. The second-order valence-corrected chi connectivity index (χ2v) is 5.59. The topological polar surface area (TPSA) is 52.6 Å². The van der Waals surface area contributed by atoms with Crippen LogP contribution >= 0.6 is 0 Å². The van der Waals surface area contributed by atoms with Gasteiger partial charge in [-0.1, -0.05) is 42.5 Å². The highest BCUT2D eigenvalue weighted by atomic mass is 16.5. The molecule has 1 rings (SSSR count). The average Bonchev–Trinajstić information content (AvgIpc) is 2.58. The van der Waals surface area contributed by atoms with Crippen molar-refractivity contribution < 1.29 is 19.1 Å². The van der Waals surface area contributed by atoms with E-state index in [1.165, 1.54) is 0 Å². The van der Waals surface area contributed by atoms with Crippen molar-refractivity contribution in [3.05, 3.63) is 48.0 Å². The van der Waals surface area contributed by atoms with Crippen LogP contribution in [0.1, 0.15) is 43.5 Å². The molecule has 1 atom stereocenters. The third-order valence-electron chi connectivity index (χ3n) is 3.96. The van der Waals surface area contributed by atoms with Crippen LogP contribution in [0.4, 0.5) is 0 Å². The van der Waals surface area contributed by atoms with Crippen molar-refractivity contribution in [1.82, 2.24) is 0 Å². The van der Waals surface area contributed by atoms with Crippen LogP contribution in [0.3, 0.4) is 0 Å². The van der Waals surface area contributed by atoms with Crippen LogP contribution in [-0.2, 0) is 14.3 Å². The lowest BCUT2D eigenvalue weighted by Gasteiger charge is -2.28. The minimum Gasteiger partial charge on any atom is -0.465 e. The Labute approximate surface area is 138 Å². The fourth-order valence-corrected chi connectivity index (χ4v) is 2.39. The second-order valence-electron chi connectivity index (χ2n) is 5.59. The van der Waals surface area contributed by atoms with Crippen molar-refractivity contribution in [2.75, 3.05) is 20.3 Å². The lowest BCUT2D eigenvalue weighted by Crippen LogP contribution is -2.39. The Bertz CT molecular complexity index is 536. The molecule has 126 valence electrons. The van der Waals surface area contributed by atoms with Crippen LogP contribution in [0, 0.1) is 5.41 Å². The number of benzene rings is 1. The molecule has 1 aromatic carbocycles. The van der Waals surface area contributed by atoms with Gasteiger partial charge in [-0.3, -0.25) is 9.59 Å². The van der Waals surface area contributed by atoms with Crippen LogP contribution in [-0.4, -0.2) is 32.1 Å². The fraction of sp³-hybridized carbons (Fsp3) is 0.474. The summed E-state index contributed by atoms with van der Waals surface area (Å²) in [5.41, 5.74) is -0.285. The molecule has 0 aromatic heterocycles. The minimum absolute atomic E-state index is 0.230. The van der Waals surface area contributed by atoms with Gasteiger partial charge in [-0.25, -0.2) is 0 Å². The van der Waals surface area contributed by atoms with Gasteiger partial charge in [-0.15, -0.1) is 0 Å². The molecule has 0 saturated carbocycles. The number of hydrogen-bond donors (Lipinski definition) is 0. The van der Waals surface area contributed by atoms with E-state index in [1.807, 2.05) is 6.07 Å². The number of rotatable bonds is 10. The maximum atomic E-state index is 12.9. The molecule has 1 aromatic rings. The van der Waals surface area contributed by atoms with Gasteiger partial charge in [0.25, 0.3) is 0 Å². The molecule has 0 aliphatic heterocycles. The van der Waals surface area contributed by atoms with Crippen LogP contribution < -0.4 is 0 Å². The quantitative estimate of drug-likeness (QED) is 0.216. The third-order valence-corrected chi connectivity index (χ3v) is 3.96. The SMILES string of the molecule is C=C(CCCCOC)C(C)(C(=O)OCC)C(=O)c1ccccc1. The molecule has 0 radical (unpaired) electrons. The van der Waals surface area contributed by atoms with E-state index in [9.17, 15) is 9.59 Å². The number of hydrogen-bond acceptors (Lipinski definition) is 4. The first-order valence-electron chi connectivity index (χ1n) is 7.92. The number of carbonyl (C=O) groups excluding carboxylic acids is 2. The average molecular weight is 318 g/mol. The van der Waals surface area contributed by atoms with E-state index in [0.29, 0.717) is 24.2 Å². The smallest absolute Gasteiger partial charge is 0.323 e. The Morgan fingerprint density at radius 1 is 1.17 bits per heavy atom. The van der Waals surface area contributed by atoms with Gasteiger partial charge in [-0.2, -0.15) is 0 Å². The predicted molar refractivity (Wildman–Crippen MR) is 90.4 cm³/mol. The Kier molecular flexibility index (Phi) is 7.69. The Morgan fingerprint density at radius 2 is 1.83 bits per heavy atom. The first-order chi connectivity index (χ1) is 11.0. The van der Waals surface area contributed by atoms with Crippen molar-refractivity contribution >= 4 is 11.8 Å². The summed E-state index contributed by atoms with van der Waals surface area (Å²) in [4.78, 5) is 25.4. The van der Waals surface area contributed by atoms with Gasteiger partial charge in [-0.05, 0) is 33.1 Å². The summed E-state index contributed by atoms with van der Waals surface area (Å²) in [6.45, 7) is 8.23. The normalized spacial score (nSPS) is 13.2. The number of ether oxygens (including phenoxy) is 2. The molecule has 0 aliphatic carbocycles. The van der Waals surface area contributed by atoms with Crippen molar-refractivity contribution in [2.45, 2.75) is 33.1 Å². The number of ketones is 1. The molecule has 0 heterocycles. The Balaban J connectivity index is 3.00. The van der Waals surface area contributed by atoms with Gasteiger partial charge < -0.3 is 9.47 Å². The molecule has 1 unspecified atom stereocenters. The Morgan fingerprint density at radius 3 is 2.39 bits per heavy atom. The summed E-state index contributed by atoms with van der Waals surface area (Å²) in [6.07, 6.45) is 2.24. The van der Waals surface area contributed by atoms with Crippen LogP contribution in [0.15, 0.2) is 42.5 Å². The molecule has 0 spiro atoms. The molecular formula is C19H26O4. The highest BCUT2D eigenvalue weighted by molar-refractivity contribution is 6.14.